The maximum absolute atomic E-state index is 3.63. The molecule has 0 fully saturated rings. The molecule has 0 bridgehead atoms. The van der Waals surface area contributed by atoms with Crippen LogP contribution in [0.1, 0.15) is 41.5 Å². The van der Waals surface area contributed by atoms with E-state index in [9.17, 15) is 0 Å². The van der Waals surface area contributed by atoms with Gasteiger partial charge in [-0.15, -0.1) is 11.3 Å². The van der Waals surface area contributed by atoms with E-state index in [4.69, 9.17) is 0 Å². The lowest BCUT2D eigenvalue weighted by Crippen LogP contribution is -2.22. The van der Waals surface area contributed by atoms with Crippen molar-refractivity contribution in [3.05, 3.63) is 57.3 Å². The predicted molar refractivity (Wildman–Crippen MR) is 80.4 cm³/mol. The second-order valence-electron chi connectivity index (χ2n) is 4.51. The van der Waals surface area contributed by atoms with E-state index in [0.717, 1.165) is 13.0 Å². The van der Waals surface area contributed by atoms with Gasteiger partial charge in [0.15, 0.2) is 0 Å². The second-order valence-corrected chi connectivity index (χ2v) is 5.46. The summed E-state index contributed by atoms with van der Waals surface area (Å²) in [6, 6.07) is 11.3. The number of aryl methyl sites for hydroxylation is 2. The van der Waals surface area contributed by atoms with Crippen LogP contribution in [0.4, 0.5) is 0 Å². The van der Waals surface area contributed by atoms with Crippen LogP contribution in [-0.2, 0) is 6.42 Å². The van der Waals surface area contributed by atoms with Gasteiger partial charge >= 0.3 is 0 Å². The fourth-order valence-electron chi connectivity index (χ4n) is 2.35. The third-order valence-corrected chi connectivity index (χ3v) is 4.36. The van der Waals surface area contributed by atoms with Crippen LogP contribution in [0.25, 0.3) is 0 Å². The van der Waals surface area contributed by atoms with Crippen molar-refractivity contribution in [3.8, 4) is 0 Å². The monoisotopic (exact) mass is 259 g/mol. The van der Waals surface area contributed by atoms with Crippen molar-refractivity contribution in [3.63, 3.8) is 0 Å². The van der Waals surface area contributed by atoms with Crippen LogP contribution in [0.5, 0.6) is 0 Å². The predicted octanol–water partition coefficient (Wildman–Crippen LogP) is 4.32. The standard InChI is InChI=1S/C16H21NS/c1-4-13-10-11-18-16(13)15(17-5-2)14-9-7-6-8-12(14)3/h6-11,15,17H,4-5H2,1-3H3. The van der Waals surface area contributed by atoms with Crippen molar-refractivity contribution in [2.75, 3.05) is 6.54 Å². The minimum atomic E-state index is 0.339. The van der Waals surface area contributed by atoms with Gasteiger partial charge in [-0.25, -0.2) is 0 Å². The molecule has 1 unspecified atom stereocenters. The Hall–Kier alpha value is -1.12. The van der Waals surface area contributed by atoms with Crippen LogP contribution < -0.4 is 5.32 Å². The van der Waals surface area contributed by atoms with Crippen LogP contribution >= 0.6 is 11.3 Å². The zero-order valence-corrected chi connectivity index (χ0v) is 12.2. The summed E-state index contributed by atoms with van der Waals surface area (Å²) in [6.07, 6.45) is 1.10. The fraction of sp³-hybridized carbons (Fsp3) is 0.375. The SMILES string of the molecule is CCNC(c1ccccc1C)c1sccc1CC. The van der Waals surface area contributed by atoms with Crippen molar-refractivity contribution >= 4 is 11.3 Å². The molecule has 0 aliphatic rings. The molecule has 2 aromatic rings. The highest BCUT2D eigenvalue weighted by atomic mass is 32.1. The quantitative estimate of drug-likeness (QED) is 0.843. The molecule has 18 heavy (non-hydrogen) atoms. The highest BCUT2D eigenvalue weighted by Gasteiger charge is 2.18. The largest absolute Gasteiger partial charge is 0.306 e. The van der Waals surface area contributed by atoms with Crippen LogP contribution in [0, 0.1) is 6.92 Å². The summed E-state index contributed by atoms with van der Waals surface area (Å²) in [4.78, 5) is 1.47. The van der Waals surface area contributed by atoms with E-state index in [2.05, 4.69) is 61.8 Å². The van der Waals surface area contributed by atoms with Crippen LogP contribution in [-0.4, -0.2) is 6.54 Å². The van der Waals surface area contributed by atoms with Gasteiger partial charge in [0.2, 0.25) is 0 Å². The van der Waals surface area contributed by atoms with Crippen LogP contribution in [0.15, 0.2) is 35.7 Å². The Kier molecular flexibility index (Phi) is 4.56. The molecule has 1 atom stereocenters. The van der Waals surface area contributed by atoms with E-state index in [-0.39, 0.29) is 0 Å². The van der Waals surface area contributed by atoms with Crippen molar-refractivity contribution in [1.29, 1.82) is 0 Å². The Morgan fingerprint density at radius 2 is 1.94 bits per heavy atom. The molecule has 2 heteroatoms. The number of hydrogen-bond donors (Lipinski definition) is 1. The number of hydrogen-bond acceptors (Lipinski definition) is 2. The molecule has 1 nitrogen and oxygen atoms in total. The zero-order valence-electron chi connectivity index (χ0n) is 11.4. The number of benzene rings is 1. The lowest BCUT2D eigenvalue weighted by molar-refractivity contribution is 0.632. The third-order valence-electron chi connectivity index (χ3n) is 3.33. The Morgan fingerprint density at radius 3 is 2.61 bits per heavy atom. The topological polar surface area (TPSA) is 12.0 Å². The van der Waals surface area contributed by atoms with E-state index in [1.54, 1.807) is 0 Å². The van der Waals surface area contributed by atoms with Gasteiger partial charge in [-0.05, 0) is 48.0 Å². The molecule has 0 saturated heterocycles. The minimum Gasteiger partial charge on any atom is -0.306 e. The van der Waals surface area contributed by atoms with Crippen molar-refractivity contribution in [2.45, 2.75) is 33.2 Å². The average Bonchev–Trinajstić information content (AvgIpc) is 2.85. The molecule has 96 valence electrons. The Labute approximate surface area is 114 Å². The van der Waals surface area contributed by atoms with Gasteiger partial charge in [-0.3, -0.25) is 0 Å². The first-order valence-electron chi connectivity index (χ1n) is 6.63. The maximum atomic E-state index is 3.63. The Morgan fingerprint density at radius 1 is 1.17 bits per heavy atom. The van der Waals surface area contributed by atoms with E-state index in [0.29, 0.717) is 6.04 Å². The molecule has 0 radical (unpaired) electrons. The smallest absolute Gasteiger partial charge is 0.0676 e. The maximum Gasteiger partial charge on any atom is 0.0676 e. The highest BCUT2D eigenvalue weighted by molar-refractivity contribution is 7.10. The lowest BCUT2D eigenvalue weighted by Gasteiger charge is -2.20. The minimum absolute atomic E-state index is 0.339. The Bertz CT molecular complexity index is 501. The molecule has 0 aliphatic heterocycles. The summed E-state index contributed by atoms with van der Waals surface area (Å²) in [5.74, 6) is 0. The van der Waals surface area contributed by atoms with Gasteiger partial charge < -0.3 is 5.32 Å². The first kappa shape index (κ1) is 13.3. The average molecular weight is 259 g/mol. The van der Waals surface area contributed by atoms with Gasteiger partial charge in [0, 0.05) is 4.88 Å². The van der Waals surface area contributed by atoms with Crippen LogP contribution in [0.3, 0.4) is 0 Å². The lowest BCUT2D eigenvalue weighted by atomic mass is 9.97. The third kappa shape index (κ3) is 2.65. The molecule has 0 aliphatic carbocycles. The number of nitrogens with one attached hydrogen (secondary N) is 1. The van der Waals surface area contributed by atoms with E-state index >= 15 is 0 Å². The molecule has 2 rings (SSSR count). The van der Waals surface area contributed by atoms with Crippen LogP contribution in [0.2, 0.25) is 0 Å². The van der Waals surface area contributed by atoms with E-state index < -0.39 is 0 Å². The molecule has 0 spiro atoms. The molecule has 1 aromatic carbocycles. The summed E-state index contributed by atoms with van der Waals surface area (Å²) in [5, 5.41) is 5.83. The molecule has 0 saturated carbocycles. The summed E-state index contributed by atoms with van der Waals surface area (Å²) in [6.45, 7) is 7.58. The second kappa shape index (κ2) is 6.17. The van der Waals surface area contributed by atoms with Crippen molar-refractivity contribution < 1.29 is 0 Å². The highest BCUT2D eigenvalue weighted by Crippen LogP contribution is 2.31. The van der Waals surface area contributed by atoms with Gasteiger partial charge in [0.05, 0.1) is 6.04 Å². The van der Waals surface area contributed by atoms with E-state index in [1.807, 2.05) is 11.3 Å². The summed E-state index contributed by atoms with van der Waals surface area (Å²) < 4.78 is 0. The number of thiophene rings is 1. The molecule has 0 amide bonds. The van der Waals surface area contributed by atoms with Crippen molar-refractivity contribution in [1.82, 2.24) is 5.32 Å². The molecule has 1 aromatic heterocycles. The zero-order chi connectivity index (χ0) is 13.0. The first-order chi connectivity index (χ1) is 8.77. The summed E-state index contributed by atoms with van der Waals surface area (Å²) >= 11 is 1.86. The van der Waals surface area contributed by atoms with E-state index in [1.165, 1.54) is 21.6 Å². The fourth-order valence-corrected chi connectivity index (χ4v) is 3.44. The van der Waals surface area contributed by atoms with Gasteiger partial charge in [0.25, 0.3) is 0 Å². The molecular weight excluding hydrogens is 238 g/mol. The van der Waals surface area contributed by atoms with Gasteiger partial charge in [-0.1, -0.05) is 38.1 Å². The van der Waals surface area contributed by atoms with Crippen molar-refractivity contribution in [2.24, 2.45) is 0 Å². The molecule has 1 N–H and O–H groups in total. The normalized spacial score (nSPS) is 12.6. The van der Waals surface area contributed by atoms with Gasteiger partial charge in [0.1, 0.15) is 0 Å². The summed E-state index contributed by atoms with van der Waals surface area (Å²) in [7, 11) is 0. The molecular formula is C16H21NS. The number of rotatable bonds is 5. The van der Waals surface area contributed by atoms with Gasteiger partial charge in [-0.2, -0.15) is 0 Å². The summed E-state index contributed by atoms with van der Waals surface area (Å²) in [5.41, 5.74) is 4.23. The molecule has 1 heterocycles. The first-order valence-corrected chi connectivity index (χ1v) is 7.51. The Balaban J connectivity index is 2.43.